The summed E-state index contributed by atoms with van der Waals surface area (Å²) in [4.78, 5) is 34.5. The van der Waals surface area contributed by atoms with Gasteiger partial charge in [0.1, 0.15) is 11.4 Å². The molecule has 1 atom stereocenters. The van der Waals surface area contributed by atoms with Gasteiger partial charge in [0.25, 0.3) is 0 Å². The molecule has 1 aliphatic heterocycles. The number of nitrogens with one attached hydrogen (secondary N) is 1. The second-order valence-electron chi connectivity index (χ2n) is 4.90. The number of ether oxygens (including phenoxy) is 1. The zero-order chi connectivity index (χ0) is 17.1. The molecule has 2 rings (SSSR count). The number of rotatable bonds is 4. The number of benzene rings is 1. The number of esters is 1. The fourth-order valence-electron chi connectivity index (χ4n) is 2.47. The Morgan fingerprint density at radius 3 is 2.39 bits per heavy atom. The summed E-state index contributed by atoms with van der Waals surface area (Å²) in [5.74, 6) is -2.38. The number of aromatic carboxylic acids is 1. The zero-order valence-electron chi connectivity index (χ0n) is 12.4. The van der Waals surface area contributed by atoms with E-state index in [-0.39, 0.29) is 21.9 Å². The van der Waals surface area contributed by atoms with Crippen LogP contribution >= 0.6 is 11.6 Å². The summed E-state index contributed by atoms with van der Waals surface area (Å²) < 4.78 is 4.79. The van der Waals surface area contributed by atoms with Crippen molar-refractivity contribution in [3.05, 3.63) is 57.4 Å². The van der Waals surface area contributed by atoms with Crippen molar-refractivity contribution in [3.8, 4) is 0 Å². The normalized spacial score (nSPS) is 17.6. The Morgan fingerprint density at radius 1 is 1.30 bits per heavy atom. The van der Waals surface area contributed by atoms with E-state index >= 15 is 0 Å². The molecule has 1 aliphatic rings. The second-order valence-corrected chi connectivity index (χ2v) is 5.28. The summed E-state index contributed by atoms with van der Waals surface area (Å²) in [6.45, 7) is 1.65. The number of allylic oxidation sites excluding steroid dienone is 2. The van der Waals surface area contributed by atoms with Crippen LogP contribution in [0.2, 0.25) is 0 Å². The minimum atomic E-state index is -1.06. The molecular formula is C16H14ClNO5. The summed E-state index contributed by atoms with van der Waals surface area (Å²) in [6, 6.07) is 5.90. The molecule has 0 fully saturated rings. The highest BCUT2D eigenvalue weighted by Gasteiger charge is 2.34. The van der Waals surface area contributed by atoms with Gasteiger partial charge in [-0.25, -0.2) is 9.59 Å². The van der Waals surface area contributed by atoms with Gasteiger partial charge < -0.3 is 15.2 Å². The summed E-state index contributed by atoms with van der Waals surface area (Å²) in [7, 11) is 1.24. The van der Waals surface area contributed by atoms with Gasteiger partial charge in [-0.15, -0.1) is 0 Å². The number of methoxy groups -OCH3 is 1. The number of aldehydes is 1. The molecular weight excluding hydrogens is 322 g/mol. The average molecular weight is 336 g/mol. The number of carboxylic acid groups (broad SMARTS) is 1. The van der Waals surface area contributed by atoms with E-state index in [1.165, 1.54) is 19.2 Å². The third-order valence-corrected chi connectivity index (χ3v) is 3.89. The fourth-order valence-corrected chi connectivity index (χ4v) is 2.76. The Labute approximate surface area is 137 Å². The largest absolute Gasteiger partial charge is 0.478 e. The van der Waals surface area contributed by atoms with Gasteiger partial charge >= 0.3 is 11.9 Å². The first-order valence-electron chi connectivity index (χ1n) is 6.64. The maximum absolute atomic E-state index is 12.1. The number of carbonyl (C=O) groups excluding carboxylic acids is 2. The van der Waals surface area contributed by atoms with Gasteiger partial charge in [-0.1, -0.05) is 23.7 Å². The van der Waals surface area contributed by atoms with E-state index in [2.05, 4.69) is 5.32 Å². The van der Waals surface area contributed by atoms with Gasteiger partial charge in [0.05, 0.1) is 18.2 Å². The van der Waals surface area contributed by atoms with Crippen molar-refractivity contribution >= 4 is 29.8 Å². The molecule has 120 valence electrons. The molecule has 23 heavy (non-hydrogen) atoms. The summed E-state index contributed by atoms with van der Waals surface area (Å²) in [6.07, 6.45) is 0.570. The van der Waals surface area contributed by atoms with E-state index in [0.29, 0.717) is 17.5 Å². The molecule has 0 saturated heterocycles. The minimum Gasteiger partial charge on any atom is -0.478 e. The lowest BCUT2D eigenvalue weighted by atomic mass is 9.82. The van der Waals surface area contributed by atoms with Crippen molar-refractivity contribution in [2.75, 3.05) is 7.11 Å². The smallest absolute Gasteiger partial charge is 0.336 e. The number of dihydropyridines is 1. The molecule has 6 nitrogen and oxygen atoms in total. The predicted molar refractivity (Wildman–Crippen MR) is 82.9 cm³/mol. The Hall–Kier alpha value is -2.60. The van der Waals surface area contributed by atoms with Gasteiger partial charge in [0.2, 0.25) is 0 Å². The van der Waals surface area contributed by atoms with E-state index in [0.717, 1.165) is 0 Å². The van der Waals surface area contributed by atoms with Crippen molar-refractivity contribution in [2.24, 2.45) is 0 Å². The van der Waals surface area contributed by atoms with E-state index < -0.39 is 17.9 Å². The third kappa shape index (κ3) is 3.12. The van der Waals surface area contributed by atoms with Gasteiger partial charge in [-0.3, -0.25) is 4.79 Å². The number of hydrogen-bond donors (Lipinski definition) is 2. The van der Waals surface area contributed by atoms with Crippen LogP contribution < -0.4 is 5.32 Å². The van der Waals surface area contributed by atoms with Crippen LogP contribution in [-0.2, 0) is 14.3 Å². The van der Waals surface area contributed by atoms with Gasteiger partial charge in [0, 0.05) is 17.2 Å². The number of carbonyl (C=O) groups is 3. The summed E-state index contributed by atoms with van der Waals surface area (Å²) in [5, 5.41) is 11.9. The third-order valence-electron chi connectivity index (χ3n) is 3.58. The van der Waals surface area contributed by atoms with Gasteiger partial charge in [-0.05, 0) is 24.6 Å². The number of halogens is 1. The molecule has 0 aliphatic carbocycles. The van der Waals surface area contributed by atoms with Crippen LogP contribution in [0, 0.1) is 0 Å². The Kier molecular flexibility index (Phi) is 4.86. The van der Waals surface area contributed by atoms with Crippen LogP contribution in [0.15, 0.2) is 46.3 Å². The minimum absolute atomic E-state index is 0.103. The van der Waals surface area contributed by atoms with Crippen molar-refractivity contribution in [2.45, 2.75) is 12.8 Å². The quantitative estimate of drug-likeness (QED) is 0.497. The van der Waals surface area contributed by atoms with Crippen molar-refractivity contribution in [1.82, 2.24) is 5.32 Å². The van der Waals surface area contributed by atoms with Crippen molar-refractivity contribution in [3.63, 3.8) is 0 Å². The van der Waals surface area contributed by atoms with E-state index in [1.807, 2.05) is 0 Å². The standard InChI is InChI=1S/C16H14ClNO5/c1-8-12(16(22)23-2)13(11(7-19)14(17)18-8)9-3-5-10(6-4-9)15(20)21/h3-7,13,18H,1-2H3,(H,20,21)/t13-/m0/s1. The molecule has 0 spiro atoms. The molecule has 7 heteroatoms. The van der Waals surface area contributed by atoms with Crippen LogP contribution in [0.25, 0.3) is 0 Å². The second kappa shape index (κ2) is 6.66. The van der Waals surface area contributed by atoms with Crippen molar-refractivity contribution in [1.29, 1.82) is 0 Å². The highest BCUT2D eigenvalue weighted by molar-refractivity contribution is 6.31. The number of carboxylic acids is 1. The summed E-state index contributed by atoms with van der Waals surface area (Å²) in [5.41, 5.74) is 1.57. The van der Waals surface area contributed by atoms with E-state index in [1.54, 1.807) is 19.1 Å². The highest BCUT2D eigenvalue weighted by Crippen LogP contribution is 2.38. The summed E-state index contributed by atoms with van der Waals surface area (Å²) >= 11 is 6.07. The Morgan fingerprint density at radius 2 is 1.91 bits per heavy atom. The van der Waals surface area contributed by atoms with E-state index in [9.17, 15) is 14.4 Å². The Balaban J connectivity index is 2.59. The Bertz CT molecular complexity index is 733. The fraction of sp³-hybridized carbons (Fsp3) is 0.188. The molecule has 0 aromatic heterocycles. The maximum Gasteiger partial charge on any atom is 0.336 e. The maximum atomic E-state index is 12.1. The zero-order valence-corrected chi connectivity index (χ0v) is 13.2. The lowest BCUT2D eigenvalue weighted by molar-refractivity contribution is -0.136. The molecule has 0 unspecified atom stereocenters. The van der Waals surface area contributed by atoms with Crippen LogP contribution in [0.4, 0.5) is 0 Å². The molecule has 0 radical (unpaired) electrons. The van der Waals surface area contributed by atoms with Gasteiger partial charge in [0.15, 0.2) is 0 Å². The average Bonchev–Trinajstić information content (AvgIpc) is 2.53. The first-order chi connectivity index (χ1) is 10.9. The van der Waals surface area contributed by atoms with Gasteiger partial charge in [-0.2, -0.15) is 0 Å². The topological polar surface area (TPSA) is 92.7 Å². The molecule has 0 saturated carbocycles. The number of hydrogen-bond acceptors (Lipinski definition) is 5. The first-order valence-corrected chi connectivity index (χ1v) is 7.02. The SMILES string of the molecule is COC(=O)C1=C(C)NC(Cl)=C(C=O)[C@@H]1c1ccc(C(=O)O)cc1. The van der Waals surface area contributed by atoms with Crippen LogP contribution in [0.5, 0.6) is 0 Å². The molecule has 1 aromatic rings. The van der Waals surface area contributed by atoms with Crippen molar-refractivity contribution < 1.29 is 24.2 Å². The van der Waals surface area contributed by atoms with Crippen LogP contribution in [-0.4, -0.2) is 30.4 Å². The van der Waals surface area contributed by atoms with Crippen LogP contribution in [0.3, 0.4) is 0 Å². The molecule has 0 bridgehead atoms. The highest BCUT2D eigenvalue weighted by atomic mass is 35.5. The first kappa shape index (κ1) is 16.8. The molecule has 0 amide bonds. The lowest BCUT2D eigenvalue weighted by Crippen LogP contribution is -2.28. The van der Waals surface area contributed by atoms with E-state index in [4.69, 9.17) is 21.4 Å². The predicted octanol–water partition coefficient (Wildman–Crippen LogP) is 2.17. The lowest BCUT2D eigenvalue weighted by Gasteiger charge is -2.27. The molecule has 1 heterocycles. The monoisotopic (exact) mass is 335 g/mol. The molecule has 2 N–H and O–H groups in total. The molecule has 1 aromatic carbocycles. The van der Waals surface area contributed by atoms with Crippen LogP contribution in [0.1, 0.15) is 28.8 Å².